The molecule has 0 aliphatic heterocycles. The molecule has 0 aromatic heterocycles. The van der Waals surface area contributed by atoms with E-state index in [1.807, 2.05) is 0 Å². The van der Waals surface area contributed by atoms with Crippen LogP contribution in [0.1, 0.15) is 38.5 Å². The highest BCUT2D eigenvalue weighted by atomic mass is 79.9. The van der Waals surface area contributed by atoms with Crippen molar-refractivity contribution in [2.45, 2.75) is 49.7 Å². The molecule has 4 rings (SSSR count). The lowest BCUT2D eigenvalue weighted by atomic mass is 9.51. The van der Waals surface area contributed by atoms with E-state index < -0.39 is 0 Å². The van der Waals surface area contributed by atoms with E-state index in [-0.39, 0.29) is 28.1 Å². The van der Waals surface area contributed by atoms with Gasteiger partial charge in [-0.2, -0.15) is 0 Å². The third-order valence-corrected chi connectivity index (χ3v) is 4.08. The van der Waals surface area contributed by atoms with Gasteiger partial charge in [-0.15, -0.1) is 17.0 Å². The molecule has 3 heteroatoms. The zero-order valence-electron chi connectivity index (χ0n) is 7.83. The van der Waals surface area contributed by atoms with Crippen molar-refractivity contribution in [1.82, 2.24) is 0 Å². The first-order valence-corrected chi connectivity index (χ1v) is 5.08. The molecule has 2 nitrogen and oxygen atoms in total. The lowest BCUT2D eigenvalue weighted by molar-refractivity contribution is -0.133. The Kier molecular flexibility index (Phi) is 2.07. The Bertz CT molecular complexity index is 197. The lowest BCUT2D eigenvalue weighted by Gasteiger charge is -2.58. The Morgan fingerprint density at radius 1 is 1.08 bits per heavy atom. The Balaban J connectivity index is 0.000000653. The molecule has 0 aromatic rings. The molecule has 3 N–H and O–H groups in total. The van der Waals surface area contributed by atoms with E-state index in [0.717, 1.165) is 31.1 Å². The van der Waals surface area contributed by atoms with Crippen LogP contribution in [0.5, 0.6) is 0 Å². The summed E-state index contributed by atoms with van der Waals surface area (Å²) in [5.74, 6) is 1.47. The topological polar surface area (TPSA) is 46.2 Å². The molecule has 2 unspecified atom stereocenters. The monoisotopic (exact) mass is 247 g/mol. The maximum Gasteiger partial charge on any atom is 0.0670 e. The fourth-order valence-electron chi connectivity index (χ4n) is 4.28. The Morgan fingerprint density at radius 3 is 2.00 bits per heavy atom. The zero-order chi connectivity index (χ0) is 8.40. The molecule has 0 amide bonds. The van der Waals surface area contributed by atoms with E-state index in [9.17, 15) is 5.11 Å². The number of hydrogen-bond donors (Lipinski definition) is 2. The summed E-state index contributed by atoms with van der Waals surface area (Å²) in [6.45, 7) is 0. The van der Waals surface area contributed by atoms with Gasteiger partial charge in [-0.25, -0.2) is 0 Å². The molecule has 4 bridgehead atoms. The van der Waals surface area contributed by atoms with Crippen molar-refractivity contribution in [2.75, 3.05) is 0 Å². The molecule has 0 radical (unpaired) electrons. The molecule has 4 fully saturated rings. The first-order chi connectivity index (χ1) is 5.57. The summed E-state index contributed by atoms with van der Waals surface area (Å²) < 4.78 is 0. The third-order valence-electron chi connectivity index (χ3n) is 4.08. The van der Waals surface area contributed by atoms with Crippen LogP contribution in [0.3, 0.4) is 0 Å². The van der Waals surface area contributed by atoms with Crippen molar-refractivity contribution in [3.63, 3.8) is 0 Å². The van der Waals surface area contributed by atoms with Crippen molar-refractivity contribution in [3.8, 4) is 0 Å². The second-order valence-corrected chi connectivity index (χ2v) is 5.55. The van der Waals surface area contributed by atoms with Crippen LogP contribution >= 0.6 is 17.0 Å². The smallest absolute Gasteiger partial charge is 0.0670 e. The van der Waals surface area contributed by atoms with Crippen molar-refractivity contribution >= 4 is 17.0 Å². The van der Waals surface area contributed by atoms with Gasteiger partial charge in [-0.3, -0.25) is 0 Å². The second-order valence-electron chi connectivity index (χ2n) is 5.55. The molecular formula is C10H18BrNO. The average Bonchev–Trinajstić information content (AvgIpc) is 1.75. The van der Waals surface area contributed by atoms with E-state index in [2.05, 4.69) is 0 Å². The van der Waals surface area contributed by atoms with Gasteiger partial charge in [0.2, 0.25) is 0 Å². The minimum atomic E-state index is -0.362. The van der Waals surface area contributed by atoms with Gasteiger partial charge in [0.15, 0.2) is 0 Å². The van der Waals surface area contributed by atoms with Crippen LogP contribution in [0.2, 0.25) is 0 Å². The molecule has 76 valence electrons. The first-order valence-electron chi connectivity index (χ1n) is 5.08. The molecule has 13 heavy (non-hydrogen) atoms. The standard InChI is InChI=1S/C10H17NO.BrH/c11-9-2-7-1-8(3-9)5-10(12,4-7)6-9;/h7-8,12H,1-6,11H2;1H. The van der Waals surface area contributed by atoms with Crippen LogP contribution in [-0.4, -0.2) is 16.2 Å². The third kappa shape index (κ3) is 1.45. The summed E-state index contributed by atoms with van der Waals surface area (Å²) in [6, 6.07) is 0. The Hall–Kier alpha value is 0.400. The highest BCUT2D eigenvalue weighted by molar-refractivity contribution is 8.93. The van der Waals surface area contributed by atoms with Crippen molar-refractivity contribution < 1.29 is 5.11 Å². The quantitative estimate of drug-likeness (QED) is 0.684. The lowest BCUT2D eigenvalue weighted by Crippen LogP contribution is -2.62. The maximum absolute atomic E-state index is 10.2. The summed E-state index contributed by atoms with van der Waals surface area (Å²) in [5.41, 5.74) is 5.90. The normalized spacial score (nSPS) is 57.7. The van der Waals surface area contributed by atoms with Gasteiger partial charge in [-0.05, 0) is 50.4 Å². The summed E-state index contributed by atoms with van der Waals surface area (Å²) in [6.07, 6.45) is 6.61. The molecule has 0 heterocycles. The van der Waals surface area contributed by atoms with Gasteiger partial charge < -0.3 is 10.8 Å². The molecule has 0 aromatic carbocycles. The van der Waals surface area contributed by atoms with E-state index in [1.54, 1.807) is 0 Å². The van der Waals surface area contributed by atoms with Gasteiger partial charge in [0.05, 0.1) is 5.60 Å². The fraction of sp³-hybridized carbons (Fsp3) is 1.00. The number of rotatable bonds is 0. The minimum Gasteiger partial charge on any atom is -0.390 e. The number of nitrogens with two attached hydrogens (primary N) is 1. The number of aliphatic hydroxyl groups is 1. The summed E-state index contributed by atoms with van der Waals surface area (Å²) in [7, 11) is 0. The predicted molar refractivity (Wildman–Crippen MR) is 56.9 cm³/mol. The van der Waals surface area contributed by atoms with Crippen LogP contribution in [-0.2, 0) is 0 Å². The van der Waals surface area contributed by atoms with Gasteiger partial charge in [0.25, 0.3) is 0 Å². The van der Waals surface area contributed by atoms with E-state index in [4.69, 9.17) is 5.73 Å². The van der Waals surface area contributed by atoms with Crippen molar-refractivity contribution in [2.24, 2.45) is 17.6 Å². The van der Waals surface area contributed by atoms with Crippen LogP contribution < -0.4 is 5.73 Å². The molecule has 2 atom stereocenters. The average molecular weight is 248 g/mol. The molecule has 4 aliphatic rings. The molecule has 4 saturated carbocycles. The van der Waals surface area contributed by atoms with Crippen molar-refractivity contribution in [3.05, 3.63) is 0 Å². The SMILES string of the molecule is Br.NC12CC3CC(C1)CC(O)(C3)C2. The fourth-order valence-corrected chi connectivity index (χ4v) is 4.28. The van der Waals surface area contributed by atoms with E-state index in [1.165, 1.54) is 19.3 Å². The largest absolute Gasteiger partial charge is 0.390 e. The van der Waals surface area contributed by atoms with Crippen LogP contribution in [0.4, 0.5) is 0 Å². The molecule has 0 saturated heterocycles. The highest BCUT2D eigenvalue weighted by Gasteiger charge is 2.55. The number of halogens is 1. The Morgan fingerprint density at radius 2 is 1.62 bits per heavy atom. The van der Waals surface area contributed by atoms with Crippen LogP contribution in [0.25, 0.3) is 0 Å². The maximum atomic E-state index is 10.2. The first kappa shape index (κ1) is 9.94. The van der Waals surface area contributed by atoms with Gasteiger partial charge in [0.1, 0.15) is 0 Å². The second kappa shape index (κ2) is 2.71. The minimum absolute atomic E-state index is 0. The molecule has 4 aliphatic carbocycles. The van der Waals surface area contributed by atoms with Crippen LogP contribution in [0, 0.1) is 11.8 Å². The zero-order valence-corrected chi connectivity index (χ0v) is 9.54. The van der Waals surface area contributed by atoms with E-state index >= 15 is 0 Å². The van der Waals surface area contributed by atoms with Crippen molar-refractivity contribution in [1.29, 1.82) is 0 Å². The van der Waals surface area contributed by atoms with Gasteiger partial charge in [-0.1, -0.05) is 0 Å². The summed E-state index contributed by atoms with van der Waals surface area (Å²) in [4.78, 5) is 0. The summed E-state index contributed by atoms with van der Waals surface area (Å²) >= 11 is 0. The highest BCUT2D eigenvalue weighted by Crippen LogP contribution is 2.56. The Labute approximate surface area is 89.7 Å². The van der Waals surface area contributed by atoms with E-state index in [0.29, 0.717) is 0 Å². The molecular weight excluding hydrogens is 230 g/mol. The predicted octanol–water partition coefficient (Wildman–Crippen LogP) is 1.61. The molecule has 0 spiro atoms. The van der Waals surface area contributed by atoms with Gasteiger partial charge >= 0.3 is 0 Å². The number of hydrogen-bond acceptors (Lipinski definition) is 2. The van der Waals surface area contributed by atoms with Crippen LogP contribution in [0.15, 0.2) is 0 Å². The van der Waals surface area contributed by atoms with Gasteiger partial charge in [0, 0.05) is 5.54 Å². The summed E-state index contributed by atoms with van der Waals surface area (Å²) in [5, 5.41) is 10.2.